The molecule has 0 bridgehead atoms. The summed E-state index contributed by atoms with van der Waals surface area (Å²) in [5, 5.41) is 0. The van der Waals surface area contributed by atoms with Gasteiger partial charge in [0, 0.05) is 0 Å². The van der Waals surface area contributed by atoms with Crippen molar-refractivity contribution in [2.24, 2.45) is 0 Å². The number of rotatable bonds is 3. The Kier molecular flexibility index (Phi) is 2.85. The summed E-state index contributed by atoms with van der Waals surface area (Å²) in [5.41, 5.74) is 1.64. The van der Waals surface area contributed by atoms with Gasteiger partial charge in [0.1, 0.15) is 5.75 Å². The first-order valence-electron chi connectivity index (χ1n) is 4.04. The van der Waals surface area contributed by atoms with Gasteiger partial charge >= 0.3 is 0 Å². The third-order valence-corrected chi connectivity index (χ3v) is 1.72. The second kappa shape index (κ2) is 3.90. The minimum Gasteiger partial charge on any atom is -0.465 e. The van der Waals surface area contributed by atoms with Crippen LogP contribution >= 0.6 is 0 Å². The zero-order valence-electron chi connectivity index (χ0n) is 7.83. The van der Waals surface area contributed by atoms with Crippen molar-refractivity contribution in [3.05, 3.63) is 42.2 Å². The Bertz CT molecular complexity index is 340. The lowest BCUT2D eigenvalue weighted by atomic mass is 10.1. The van der Waals surface area contributed by atoms with Crippen molar-refractivity contribution < 1.29 is 9.53 Å². The van der Waals surface area contributed by atoms with Gasteiger partial charge in [-0.05, 0) is 26.0 Å². The Morgan fingerprint density at radius 3 is 2.77 bits per heavy atom. The lowest BCUT2D eigenvalue weighted by molar-refractivity contribution is 0.101. The van der Waals surface area contributed by atoms with Crippen LogP contribution in [0.25, 0.3) is 0 Å². The number of carbonyl (C=O) groups is 1. The van der Waals surface area contributed by atoms with Crippen molar-refractivity contribution in [1.29, 1.82) is 0 Å². The summed E-state index contributed by atoms with van der Waals surface area (Å²) in [6, 6.07) is 5.47. The fraction of sp³-hybridized carbons (Fsp3) is 0.182. The van der Waals surface area contributed by atoms with Gasteiger partial charge in [-0.1, -0.05) is 18.2 Å². The molecule has 0 aromatic heterocycles. The molecular formula is C11H12O2. The van der Waals surface area contributed by atoms with Gasteiger partial charge in [-0.2, -0.15) is 0 Å². The summed E-state index contributed by atoms with van der Waals surface area (Å²) in [6.45, 7) is 6.90. The summed E-state index contributed by atoms with van der Waals surface area (Å²) in [6.07, 6.45) is 1.32. The summed E-state index contributed by atoms with van der Waals surface area (Å²) < 4.78 is 5.10. The Hall–Kier alpha value is -1.57. The third-order valence-electron chi connectivity index (χ3n) is 1.72. The van der Waals surface area contributed by atoms with Crippen LogP contribution in [0.2, 0.25) is 0 Å². The van der Waals surface area contributed by atoms with Gasteiger partial charge in [0.2, 0.25) is 0 Å². The molecule has 2 nitrogen and oxygen atoms in total. The Balaban J connectivity index is 3.17. The third kappa shape index (κ3) is 2.18. The van der Waals surface area contributed by atoms with Crippen LogP contribution in [0.5, 0.6) is 5.75 Å². The van der Waals surface area contributed by atoms with E-state index in [2.05, 4.69) is 6.58 Å². The second-order valence-electron chi connectivity index (χ2n) is 2.84. The highest BCUT2D eigenvalue weighted by Gasteiger charge is 2.07. The highest BCUT2D eigenvalue weighted by Crippen LogP contribution is 2.20. The highest BCUT2D eigenvalue weighted by molar-refractivity contribution is 5.97. The Morgan fingerprint density at radius 1 is 1.54 bits per heavy atom. The molecule has 1 aromatic rings. The predicted molar refractivity (Wildman–Crippen MR) is 52.0 cm³/mol. The number of ether oxygens (including phenoxy) is 1. The van der Waals surface area contributed by atoms with E-state index >= 15 is 0 Å². The van der Waals surface area contributed by atoms with Crippen molar-refractivity contribution in [2.45, 2.75) is 13.8 Å². The minimum absolute atomic E-state index is 0.000509. The van der Waals surface area contributed by atoms with E-state index in [1.165, 1.54) is 13.2 Å². The van der Waals surface area contributed by atoms with Crippen molar-refractivity contribution >= 4 is 5.78 Å². The molecule has 0 aliphatic rings. The van der Waals surface area contributed by atoms with Gasteiger partial charge < -0.3 is 4.74 Å². The predicted octanol–water partition coefficient (Wildman–Crippen LogP) is 2.72. The van der Waals surface area contributed by atoms with Crippen molar-refractivity contribution in [1.82, 2.24) is 0 Å². The largest absolute Gasteiger partial charge is 0.465 e. The maximum atomic E-state index is 11.2. The van der Waals surface area contributed by atoms with Gasteiger partial charge in [-0.15, -0.1) is 0 Å². The molecule has 0 saturated heterocycles. The van der Waals surface area contributed by atoms with E-state index in [-0.39, 0.29) is 5.78 Å². The number of hydrogen-bond acceptors (Lipinski definition) is 2. The number of hydrogen-bond donors (Lipinski definition) is 0. The molecular weight excluding hydrogens is 164 g/mol. The molecule has 1 rings (SSSR count). The quantitative estimate of drug-likeness (QED) is 0.523. The van der Waals surface area contributed by atoms with Gasteiger partial charge in [-0.3, -0.25) is 4.79 Å². The molecule has 0 spiro atoms. The van der Waals surface area contributed by atoms with Crippen molar-refractivity contribution in [3.8, 4) is 5.75 Å². The molecule has 0 fully saturated rings. The van der Waals surface area contributed by atoms with Crippen LogP contribution in [-0.2, 0) is 0 Å². The highest BCUT2D eigenvalue weighted by atomic mass is 16.5. The summed E-state index contributed by atoms with van der Waals surface area (Å²) in [4.78, 5) is 11.2. The average Bonchev–Trinajstić information content (AvgIpc) is 2.08. The van der Waals surface area contributed by atoms with Crippen LogP contribution in [0.4, 0.5) is 0 Å². The fourth-order valence-electron chi connectivity index (χ4n) is 1.11. The molecule has 0 radical (unpaired) electrons. The molecule has 0 amide bonds. The van der Waals surface area contributed by atoms with E-state index in [9.17, 15) is 4.79 Å². The van der Waals surface area contributed by atoms with Crippen LogP contribution in [-0.4, -0.2) is 5.78 Å². The summed E-state index contributed by atoms with van der Waals surface area (Å²) in [7, 11) is 0. The molecule has 2 heteroatoms. The Labute approximate surface area is 77.8 Å². The second-order valence-corrected chi connectivity index (χ2v) is 2.84. The van der Waals surface area contributed by atoms with Crippen molar-refractivity contribution in [2.75, 3.05) is 0 Å². The monoisotopic (exact) mass is 176 g/mol. The normalized spacial score (nSPS) is 9.38. The molecule has 1 aromatic carbocycles. The number of benzene rings is 1. The zero-order valence-corrected chi connectivity index (χ0v) is 7.83. The first kappa shape index (κ1) is 9.52. The van der Waals surface area contributed by atoms with Gasteiger partial charge in [0.05, 0.1) is 11.8 Å². The van der Waals surface area contributed by atoms with E-state index < -0.39 is 0 Å². The maximum absolute atomic E-state index is 11.2. The molecule has 0 unspecified atom stereocenters. The molecule has 0 N–H and O–H groups in total. The number of aryl methyl sites for hydroxylation is 1. The lowest BCUT2D eigenvalue weighted by Crippen LogP contribution is -1.97. The van der Waals surface area contributed by atoms with E-state index in [0.29, 0.717) is 11.3 Å². The van der Waals surface area contributed by atoms with Gasteiger partial charge in [0.25, 0.3) is 0 Å². The molecule has 68 valence electrons. The molecule has 0 heterocycles. The smallest absolute Gasteiger partial charge is 0.163 e. The first-order valence-corrected chi connectivity index (χ1v) is 4.04. The summed E-state index contributed by atoms with van der Waals surface area (Å²) >= 11 is 0. The zero-order chi connectivity index (χ0) is 9.84. The van der Waals surface area contributed by atoms with Crippen LogP contribution in [0.15, 0.2) is 31.0 Å². The first-order chi connectivity index (χ1) is 6.15. The van der Waals surface area contributed by atoms with Gasteiger partial charge in [-0.25, -0.2) is 0 Å². The van der Waals surface area contributed by atoms with Crippen LogP contribution < -0.4 is 4.74 Å². The van der Waals surface area contributed by atoms with E-state index in [1.54, 1.807) is 12.1 Å². The minimum atomic E-state index is 0.000509. The van der Waals surface area contributed by atoms with E-state index in [1.807, 2.05) is 13.0 Å². The number of ketones is 1. The topological polar surface area (TPSA) is 26.3 Å². The lowest BCUT2D eigenvalue weighted by Gasteiger charge is -2.05. The SMILES string of the molecule is C=COc1ccc(C)cc1C(C)=O. The standard InChI is InChI=1S/C11H12O2/c1-4-13-11-6-5-8(2)7-10(11)9(3)12/h4-7H,1H2,2-3H3. The number of Topliss-reactive ketones (excluding diaryl/α,β-unsaturated/α-hetero) is 1. The van der Waals surface area contributed by atoms with Crippen LogP contribution in [0.3, 0.4) is 0 Å². The Morgan fingerprint density at radius 2 is 2.23 bits per heavy atom. The molecule has 0 aliphatic carbocycles. The van der Waals surface area contributed by atoms with Crippen molar-refractivity contribution in [3.63, 3.8) is 0 Å². The average molecular weight is 176 g/mol. The van der Waals surface area contributed by atoms with Gasteiger partial charge in [0.15, 0.2) is 5.78 Å². The maximum Gasteiger partial charge on any atom is 0.163 e. The molecule has 13 heavy (non-hydrogen) atoms. The molecule has 0 saturated carbocycles. The van der Waals surface area contributed by atoms with E-state index in [4.69, 9.17) is 4.74 Å². The fourth-order valence-corrected chi connectivity index (χ4v) is 1.11. The number of carbonyl (C=O) groups excluding carboxylic acids is 1. The summed E-state index contributed by atoms with van der Waals surface area (Å²) in [5.74, 6) is 0.564. The van der Waals surface area contributed by atoms with Crippen LogP contribution in [0, 0.1) is 6.92 Å². The molecule has 0 atom stereocenters. The van der Waals surface area contributed by atoms with E-state index in [0.717, 1.165) is 5.56 Å². The van der Waals surface area contributed by atoms with Crippen LogP contribution in [0.1, 0.15) is 22.8 Å². The molecule has 0 aliphatic heterocycles.